The number of nitrogens with zero attached hydrogens (tertiary/aromatic N) is 1. The largest absolute Gasteiger partial charge is 0.322 e. The van der Waals surface area contributed by atoms with Crippen LogP contribution >= 0.6 is 0 Å². The Morgan fingerprint density at radius 3 is 2.52 bits per heavy atom. The first-order valence-electron chi connectivity index (χ1n) is 7.20. The van der Waals surface area contributed by atoms with Gasteiger partial charge in [-0.3, -0.25) is 10.1 Å². The second-order valence-corrected chi connectivity index (χ2v) is 7.71. The van der Waals surface area contributed by atoms with Crippen molar-refractivity contribution in [1.29, 1.82) is 0 Å². The zero-order chi connectivity index (χ0) is 15.5. The number of carbonyl (C=O) groups excluding carboxylic acids is 1. The summed E-state index contributed by atoms with van der Waals surface area (Å²) in [5.41, 5.74) is 2.30. The molecular weight excluding hydrogens is 288 g/mol. The quantitative estimate of drug-likeness (QED) is 0.855. The van der Waals surface area contributed by atoms with Crippen molar-refractivity contribution < 1.29 is 13.2 Å². The van der Waals surface area contributed by atoms with Gasteiger partial charge in [-0.1, -0.05) is 31.2 Å². The van der Waals surface area contributed by atoms with Gasteiger partial charge in [-0.2, -0.15) is 0 Å². The molecule has 1 unspecified atom stereocenters. The molecule has 1 heterocycles. The Hall–Kier alpha value is -1.40. The molecule has 1 N–H and O–H groups in total. The third-order valence-electron chi connectivity index (χ3n) is 3.70. The first kappa shape index (κ1) is 16.0. The molecule has 0 spiro atoms. The fraction of sp³-hybridized carbons (Fsp3) is 0.533. The molecule has 0 radical (unpaired) electrons. The molecule has 1 saturated heterocycles. The van der Waals surface area contributed by atoms with Crippen LogP contribution in [0.4, 0.5) is 0 Å². The third-order valence-corrected chi connectivity index (χ3v) is 4.73. The number of carbonyl (C=O) groups is 1. The van der Waals surface area contributed by atoms with Gasteiger partial charge < -0.3 is 4.90 Å². The number of hydrogen-bond acceptors (Lipinski definition) is 4. The van der Waals surface area contributed by atoms with Gasteiger partial charge in [0.15, 0.2) is 0 Å². The highest BCUT2D eigenvalue weighted by molar-refractivity contribution is 7.90. The normalized spacial score (nSPS) is 19.2. The Balaban J connectivity index is 2.05. The van der Waals surface area contributed by atoms with E-state index in [1.54, 1.807) is 4.90 Å². The fourth-order valence-corrected chi connectivity index (χ4v) is 3.18. The van der Waals surface area contributed by atoms with Gasteiger partial charge in [-0.05, 0) is 24.0 Å². The molecule has 1 atom stereocenters. The van der Waals surface area contributed by atoms with Crippen molar-refractivity contribution in [2.24, 2.45) is 0 Å². The monoisotopic (exact) mass is 310 g/mol. The van der Waals surface area contributed by atoms with Crippen LogP contribution in [0.25, 0.3) is 0 Å². The number of nitrogens with one attached hydrogen (secondary N) is 1. The molecule has 1 fully saturated rings. The van der Waals surface area contributed by atoms with E-state index in [4.69, 9.17) is 0 Å². The maximum atomic E-state index is 12.0. The van der Waals surface area contributed by atoms with Gasteiger partial charge in [0.05, 0.1) is 12.3 Å². The van der Waals surface area contributed by atoms with Crippen molar-refractivity contribution in [2.75, 3.05) is 25.1 Å². The predicted octanol–water partition coefficient (Wildman–Crippen LogP) is 1.11. The minimum Gasteiger partial charge on any atom is -0.322 e. The first-order chi connectivity index (χ1) is 9.90. The number of hydrogen-bond donors (Lipinski definition) is 1. The van der Waals surface area contributed by atoms with E-state index < -0.39 is 9.84 Å². The molecule has 1 amide bonds. The minimum atomic E-state index is -2.98. The Morgan fingerprint density at radius 2 is 1.95 bits per heavy atom. The number of aryl methyl sites for hydroxylation is 1. The Bertz CT molecular complexity index is 596. The average Bonchev–Trinajstić information content (AvgIpc) is 2.79. The van der Waals surface area contributed by atoms with E-state index >= 15 is 0 Å². The summed E-state index contributed by atoms with van der Waals surface area (Å²) >= 11 is 0. The van der Waals surface area contributed by atoms with E-state index in [2.05, 4.69) is 24.4 Å². The van der Waals surface area contributed by atoms with Gasteiger partial charge >= 0.3 is 0 Å². The van der Waals surface area contributed by atoms with Crippen molar-refractivity contribution >= 4 is 15.7 Å². The van der Waals surface area contributed by atoms with Crippen LogP contribution < -0.4 is 5.32 Å². The molecule has 6 heteroatoms. The molecule has 1 aromatic carbocycles. The highest BCUT2D eigenvalue weighted by Gasteiger charge is 2.31. The number of sulfone groups is 1. The van der Waals surface area contributed by atoms with E-state index in [0.717, 1.165) is 12.0 Å². The van der Waals surface area contributed by atoms with Crippen molar-refractivity contribution in [1.82, 2.24) is 10.2 Å². The summed E-state index contributed by atoms with van der Waals surface area (Å²) in [6.45, 7) is 2.86. The van der Waals surface area contributed by atoms with Crippen LogP contribution in [-0.2, 0) is 21.1 Å². The van der Waals surface area contributed by atoms with Crippen molar-refractivity contribution in [3.63, 3.8) is 0 Å². The van der Waals surface area contributed by atoms with E-state index in [9.17, 15) is 13.2 Å². The molecule has 0 bridgehead atoms. The van der Waals surface area contributed by atoms with E-state index in [0.29, 0.717) is 19.5 Å². The van der Waals surface area contributed by atoms with Crippen LogP contribution in [0.2, 0.25) is 0 Å². The lowest BCUT2D eigenvalue weighted by atomic mass is 10.1. The van der Waals surface area contributed by atoms with Gasteiger partial charge in [0.2, 0.25) is 5.91 Å². The predicted molar refractivity (Wildman–Crippen MR) is 82.6 cm³/mol. The summed E-state index contributed by atoms with van der Waals surface area (Å²) in [5, 5.41) is 3.18. The number of amides is 1. The SMILES string of the molecule is CCc1ccc(C2NCC(=O)N2CCCS(C)(=O)=O)cc1. The second-order valence-electron chi connectivity index (χ2n) is 5.45. The lowest BCUT2D eigenvalue weighted by Crippen LogP contribution is -2.32. The standard InChI is InChI=1S/C15H22N2O3S/c1-3-12-5-7-13(8-6-12)15-16-11-14(18)17(15)9-4-10-21(2,19)20/h5-8,15-16H,3-4,9-11H2,1-2H3. The Labute approximate surface area is 126 Å². The molecule has 1 aromatic rings. The molecule has 116 valence electrons. The van der Waals surface area contributed by atoms with E-state index in [1.165, 1.54) is 11.8 Å². The molecule has 0 aromatic heterocycles. The molecule has 5 nitrogen and oxygen atoms in total. The first-order valence-corrected chi connectivity index (χ1v) is 9.26. The molecular formula is C15H22N2O3S. The number of benzene rings is 1. The maximum absolute atomic E-state index is 12.0. The minimum absolute atomic E-state index is 0.0214. The average molecular weight is 310 g/mol. The number of rotatable bonds is 6. The molecule has 0 aliphatic carbocycles. The van der Waals surface area contributed by atoms with Crippen LogP contribution in [0.1, 0.15) is 30.6 Å². The fourth-order valence-electron chi connectivity index (χ4n) is 2.52. The van der Waals surface area contributed by atoms with Crippen LogP contribution in [0.15, 0.2) is 24.3 Å². The zero-order valence-electron chi connectivity index (χ0n) is 12.5. The lowest BCUT2D eigenvalue weighted by Gasteiger charge is -2.24. The highest BCUT2D eigenvalue weighted by Crippen LogP contribution is 2.23. The molecule has 1 aliphatic rings. The smallest absolute Gasteiger partial charge is 0.238 e. The second kappa shape index (κ2) is 6.58. The van der Waals surface area contributed by atoms with Crippen molar-refractivity contribution in [3.05, 3.63) is 35.4 Å². The lowest BCUT2D eigenvalue weighted by molar-refractivity contribution is -0.128. The molecule has 21 heavy (non-hydrogen) atoms. The van der Waals surface area contributed by atoms with Gasteiger partial charge in [-0.15, -0.1) is 0 Å². The maximum Gasteiger partial charge on any atom is 0.238 e. The summed E-state index contributed by atoms with van der Waals surface area (Å²) in [4.78, 5) is 13.7. The van der Waals surface area contributed by atoms with Gasteiger partial charge in [-0.25, -0.2) is 8.42 Å². The summed E-state index contributed by atoms with van der Waals surface area (Å²) in [7, 11) is -2.98. The summed E-state index contributed by atoms with van der Waals surface area (Å²) in [6, 6.07) is 8.18. The summed E-state index contributed by atoms with van der Waals surface area (Å²) < 4.78 is 22.4. The van der Waals surface area contributed by atoms with Crippen molar-refractivity contribution in [2.45, 2.75) is 25.9 Å². The Kier molecular flexibility index (Phi) is 5.00. The van der Waals surface area contributed by atoms with Gasteiger partial charge in [0.25, 0.3) is 0 Å². The van der Waals surface area contributed by atoms with Crippen LogP contribution in [0, 0.1) is 0 Å². The van der Waals surface area contributed by atoms with Crippen LogP contribution in [-0.4, -0.2) is 44.3 Å². The van der Waals surface area contributed by atoms with Crippen LogP contribution in [0.5, 0.6) is 0 Å². The summed E-state index contributed by atoms with van der Waals surface area (Å²) in [6.07, 6.45) is 2.52. The topological polar surface area (TPSA) is 66.5 Å². The van der Waals surface area contributed by atoms with Gasteiger partial charge in [0, 0.05) is 12.8 Å². The third kappa shape index (κ3) is 4.28. The summed E-state index contributed by atoms with van der Waals surface area (Å²) in [5.74, 6) is 0.131. The Morgan fingerprint density at radius 1 is 1.29 bits per heavy atom. The zero-order valence-corrected chi connectivity index (χ0v) is 13.3. The van der Waals surface area contributed by atoms with Gasteiger partial charge in [0.1, 0.15) is 16.0 Å². The highest BCUT2D eigenvalue weighted by atomic mass is 32.2. The molecule has 2 rings (SSSR count). The van der Waals surface area contributed by atoms with E-state index in [-0.39, 0.29) is 17.8 Å². The molecule has 1 aliphatic heterocycles. The van der Waals surface area contributed by atoms with Crippen LogP contribution in [0.3, 0.4) is 0 Å². The van der Waals surface area contributed by atoms with E-state index in [1.807, 2.05) is 12.1 Å². The van der Waals surface area contributed by atoms with Crippen molar-refractivity contribution in [3.8, 4) is 0 Å². The molecule has 0 saturated carbocycles.